The van der Waals surface area contributed by atoms with Crippen LogP contribution in [0, 0.1) is 0 Å². The molecule has 0 aromatic heterocycles. The standard InChI is InChI=1S/C12H26N2/c1-3-10-14(2)11-5-4-7-12-8-6-9-13-12/h12-13H,3-11H2,1-2H3/t12-/m1/s1. The Labute approximate surface area is 89.1 Å². The average molecular weight is 198 g/mol. The monoisotopic (exact) mass is 198 g/mol. The third-order valence-electron chi connectivity index (χ3n) is 3.11. The molecule has 0 amide bonds. The number of nitrogens with zero attached hydrogens (tertiary/aromatic N) is 1. The lowest BCUT2D eigenvalue weighted by molar-refractivity contribution is 0.322. The first-order valence-corrected chi connectivity index (χ1v) is 6.25. The highest BCUT2D eigenvalue weighted by Crippen LogP contribution is 2.11. The van der Waals surface area contributed by atoms with E-state index in [-0.39, 0.29) is 0 Å². The third-order valence-corrected chi connectivity index (χ3v) is 3.11. The fourth-order valence-corrected chi connectivity index (χ4v) is 2.27. The first-order valence-electron chi connectivity index (χ1n) is 6.25. The minimum absolute atomic E-state index is 0.839. The molecule has 1 N–H and O–H groups in total. The molecule has 1 aliphatic heterocycles. The Balaban J connectivity index is 1.88. The molecule has 0 radical (unpaired) electrons. The van der Waals surface area contributed by atoms with Crippen molar-refractivity contribution in [2.75, 3.05) is 26.7 Å². The van der Waals surface area contributed by atoms with Gasteiger partial charge in [0, 0.05) is 6.04 Å². The molecule has 0 aromatic carbocycles. The highest BCUT2D eigenvalue weighted by Gasteiger charge is 2.12. The van der Waals surface area contributed by atoms with E-state index in [4.69, 9.17) is 0 Å². The molecule has 2 nitrogen and oxygen atoms in total. The zero-order valence-electron chi connectivity index (χ0n) is 9.89. The Bertz CT molecular complexity index is 130. The van der Waals surface area contributed by atoms with E-state index in [9.17, 15) is 0 Å². The Hall–Kier alpha value is -0.0800. The number of hydrogen-bond acceptors (Lipinski definition) is 2. The van der Waals surface area contributed by atoms with Gasteiger partial charge in [-0.3, -0.25) is 0 Å². The number of nitrogens with one attached hydrogen (secondary N) is 1. The molecular formula is C12H26N2. The van der Waals surface area contributed by atoms with Gasteiger partial charge in [-0.15, -0.1) is 0 Å². The van der Waals surface area contributed by atoms with E-state index < -0.39 is 0 Å². The van der Waals surface area contributed by atoms with E-state index in [1.807, 2.05) is 0 Å². The van der Waals surface area contributed by atoms with Crippen LogP contribution in [0.15, 0.2) is 0 Å². The van der Waals surface area contributed by atoms with Crippen LogP contribution in [0.5, 0.6) is 0 Å². The second-order valence-corrected chi connectivity index (χ2v) is 4.59. The van der Waals surface area contributed by atoms with Crippen molar-refractivity contribution in [2.24, 2.45) is 0 Å². The summed E-state index contributed by atoms with van der Waals surface area (Å²) in [4.78, 5) is 2.45. The van der Waals surface area contributed by atoms with Gasteiger partial charge in [0.1, 0.15) is 0 Å². The lowest BCUT2D eigenvalue weighted by Crippen LogP contribution is -2.23. The molecule has 0 saturated carbocycles. The molecule has 1 aliphatic rings. The maximum absolute atomic E-state index is 3.56. The summed E-state index contributed by atoms with van der Waals surface area (Å²) in [5.41, 5.74) is 0. The summed E-state index contributed by atoms with van der Waals surface area (Å²) in [6, 6.07) is 0.839. The minimum atomic E-state index is 0.839. The van der Waals surface area contributed by atoms with Gasteiger partial charge in [-0.05, 0) is 58.8 Å². The SMILES string of the molecule is CCCN(C)CCCC[C@@H]1CCCN1. The van der Waals surface area contributed by atoms with Crippen LogP contribution in [-0.2, 0) is 0 Å². The van der Waals surface area contributed by atoms with Crippen LogP contribution in [0.25, 0.3) is 0 Å². The van der Waals surface area contributed by atoms with Crippen LogP contribution < -0.4 is 5.32 Å². The summed E-state index contributed by atoms with van der Waals surface area (Å²) in [5, 5.41) is 3.56. The largest absolute Gasteiger partial charge is 0.314 e. The molecule has 1 saturated heterocycles. The van der Waals surface area contributed by atoms with E-state index in [0.717, 1.165) is 6.04 Å². The maximum atomic E-state index is 3.56. The van der Waals surface area contributed by atoms with Gasteiger partial charge in [-0.1, -0.05) is 13.3 Å². The van der Waals surface area contributed by atoms with Gasteiger partial charge in [0.25, 0.3) is 0 Å². The molecule has 0 spiro atoms. The molecule has 14 heavy (non-hydrogen) atoms. The Morgan fingerprint density at radius 3 is 2.79 bits per heavy atom. The molecule has 2 heteroatoms. The summed E-state index contributed by atoms with van der Waals surface area (Å²) < 4.78 is 0. The van der Waals surface area contributed by atoms with Gasteiger partial charge in [-0.25, -0.2) is 0 Å². The van der Waals surface area contributed by atoms with Crippen molar-refractivity contribution in [1.29, 1.82) is 0 Å². The first kappa shape index (κ1) is 12.0. The van der Waals surface area contributed by atoms with E-state index >= 15 is 0 Å². The topological polar surface area (TPSA) is 15.3 Å². The van der Waals surface area contributed by atoms with Gasteiger partial charge in [0.15, 0.2) is 0 Å². The third kappa shape index (κ3) is 4.97. The van der Waals surface area contributed by atoms with Crippen molar-refractivity contribution in [3.63, 3.8) is 0 Å². The van der Waals surface area contributed by atoms with Gasteiger partial charge >= 0.3 is 0 Å². The predicted molar refractivity (Wildman–Crippen MR) is 62.7 cm³/mol. The molecule has 1 atom stereocenters. The average Bonchev–Trinajstić information content (AvgIpc) is 2.65. The lowest BCUT2D eigenvalue weighted by Gasteiger charge is -2.16. The minimum Gasteiger partial charge on any atom is -0.314 e. The molecule has 0 unspecified atom stereocenters. The van der Waals surface area contributed by atoms with E-state index in [1.165, 1.54) is 58.2 Å². The predicted octanol–water partition coefficient (Wildman–Crippen LogP) is 2.25. The number of unbranched alkanes of at least 4 members (excludes halogenated alkanes) is 1. The fourth-order valence-electron chi connectivity index (χ4n) is 2.27. The van der Waals surface area contributed by atoms with Gasteiger partial charge in [0.2, 0.25) is 0 Å². The molecule has 0 aliphatic carbocycles. The van der Waals surface area contributed by atoms with Crippen LogP contribution in [0.2, 0.25) is 0 Å². The highest BCUT2D eigenvalue weighted by atomic mass is 15.1. The zero-order valence-corrected chi connectivity index (χ0v) is 9.89. The highest BCUT2D eigenvalue weighted by molar-refractivity contribution is 4.73. The second-order valence-electron chi connectivity index (χ2n) is 4.59. The fraction of sp³-hybridized carbons (Fsp3) is 1.00. The van der Waals surface area contributed by atoms with Crippen molar-refractivity contribution >= 4 is 0 Å². The van der Waals surface area contributed by atoms with Crippen molar-refractivity contribution in [2.45, 2.75) is 51.5 Å². The van der Waals surface area contributed by atoms with Crippen LogP contribution in [0.3, 0.4) is 0 Å². The molecule has 84 valence electrons. The summed E-state index contributed by atoms with van der Waals surface area (Å²) in [7, 11) is 2.23. The molecule has 0 bridgehead atoms. The van der Waals surface area contributed by atoms with Crippen molar-refractivity contribution in [1.82, 2.24) is 10.2 Å². The normalized spacial score (nSPS) is 22.1. The van der Waals surface area contributed by atoms with Crippen molar-refractivity contribution < 1.29 is 0 Å². The Morgan fingerprint density at radius 2 is 2.14 bits per heavy atom. The van der Waals surface area contributed by atoms with Gasteiger partial charge < -0.3 is 10.2 Å². The van der Waals surface area contributed by atoms with Crippen LogP contribution in [-0.4, -0.2) is 37.6 Å². The van der Waals surface area contributed by atoms with E-state index in [2.05, 4.69) is 24.2 Å². The van der Waals surface area contributed by atoms with Crippen molar-refractivity contribution in [3.8, 4) is 0 Å². The Morgan fingerprint density at radius 1 is 1.29 bits per heavy atom. The summed E-state index contributed by atoms with van der Waals surface area (Å²) in [6.07, 6.45) is 8.23. The first-order chi connectivity index (χ1) is 6.83. The molecule has 1 rings (SSSR count). The van der Waals surface area contributed by atoms with Crippen LogP contribution in [0.4, 0.5) is 0 Å². The smallest absolute Gasteiger partial charge is 0.00675 e. The molecule has 1 fully saturated rings. The lowest BCUT2D eigenvalue weighted by atomic mass is 10.1. The quantitative estimate of drug-likeness (QED) is 0.631. The van der Waals surface area contributed by atoms with E-state index in [1.54, 1.807) is 0 Å². The van der Waals surface area contributed by atoms with Crippen molar-refractivity contribution in [3.05, 3.63) is 0 Å². The molecule has 1 heterocycles. The maximum Gasteiger partial charge on any atom is 0.00675 e. The van der Waals surface area contributed by atoms with E-state index in [0.29, 0.717) is 0 Å². The second kappa shape index (κ2) is 7.24. The summed E-state index contributed by atoms with van der Waals surface area (Å²) >= 11 is 0. The summed E-state index contributed by atoms with van der Waals surface area (Å²) in [6.45, 7) is 6.03. The van der Waals surface area contributed by atoms with Gasteiger partial charge in [-0.2, -0.15) is 0 Å². The Kier molecular flexibility index (Phi) is 6.20. The molecular weight excluding hydrogens is 172 g/mol. The molecule has 0 aromatic rings. The van der Waals surface area contributed by atoms with Crippen LogP contribution >= 0.6 is 0 Å². The summed E-state index contributed by atoms with van der Waals surface area (Å²) in [5.74, 6) is 0. The van der Waals surface area contributed by atoms with Crippen LogP contribution in [0.1, 0.15) is 45.4 Å². The number of hydrogen-bond donors (Lipinski definition) is 1. The number of rotatable bonds is 7. The zero-order chi connectivity index (χ0) is 10.2. The van der Waals surface area contributed by atoms with Gasteiger partial charge in [0.05, 0.1) is 0 Å².